The molecule has 0 aromatic heterocycles. The van der Waals surface area contributed by atoms with E-state index in [1.807, 2.05) is 0 Å². The summed E-state index contributed by atoms with van der Waals surface area (Å²) in [7, 11) is -5.17. The number of carboxylic acid groups (broad SMARTS) is 3. The molecule has 0 saturated carbocycles. The topological polar surface area (TPSA) is 201 Å². The van der Waals surface area contributed by atoms with Crippen molar-refractivity contribution in [3.05, 3.63) is 0 Å². The molecule has 0 fully saturated rings. The number of hydrogen-bond acceptors (Lipinski definition) is 10. The second kappa shape index (κ2) is 22.9. The maximum Gasteiger partial charge on any atom is 3.00 e. The monoisotopic (exact) mass is 531 g/mol. The molecule has 13 heteroatoms. The number of carbonyl (C=O) groups excluding carboxylic acids is 3. The van der Waals surface area contributed by atoms with E-state index in [0.717, 1.165) is 20.8 Å². The van der Waals surface area contributed by atoms with Crippen molar-refractivity contribution in [2.75, 3.05) is 0 Å². The van der Waals surface area contributed by atoms with Gasteiger partial charge >= 0.3 is 44.7 Å². The van der Waals surface area contributed by atoms with Crippen molar-refractivity contribution in [3.63, 3.8) is 0 Å². The van der Waals surface area contributed by atoms with Crippen LogP contribution in [0.5, 0.6) is 0 Å². The first kappa shape index (κ1) is 36.3. The minimum Gasteiger partial charge on any atom is -0.759 e. The maximum absolute atomic E-state index is 8.89. The molecule has 19 heavy (non-hydrogen) atoms. The van der Waals surface area contributed by atoms with E-state index in [9.17, 15) is 0 Å². The first-order chi connectivity index (χ1) is 7.20. The number of carbonyl (C=O) groups is 3. The molecule has 0 amide bonds. The summed E-state index contributed by atoms with van der Waals surface area (Å²) in [5.41, 5.74) is 0. The molecule has 0 saturated heterocycles. The molecule has 0 aliphatic rings. The largest absolute Gasteiger partial charge is 3.00 e. The van der Waals surface area contributed by atoms with E-state index in [-0.39, 0.29) is 44.7 Å². The molecule has 0 aromatic carbocycles. The predicted molar refractivity (Wildman–Crippen MR) is 42.5 cm³/mol. The van der Waals surface area contributed by atoms with Crippen LogP contribution in [-0.4, -0.2) is 35.4 Å². The van der Waals surface area contributed by atoms with Gasteiger partial charge in [-0.05, 0) is 20.8 Å². The minimum absolute atomic E-state index is 0. The summed E-state index contributed by atoms with van der Waals surface area (Å²) in [6.45, 7) is 2.92. The third-order valence-corrected chi connectivity index (χ3v) is 0. The average molecular weight is 530 g/mol. The fourth-order valence-electron chi connectivity index (χ4n) is 0. The molecule has 0 rings (SSSR count). The molecule has 0 aliphatic carbocycles. The van der Waals surface area contributed by atoms with Crippen molar-refractivity contribution < 1.29 is 92.0 Å². The maximum atomic E-state index is 8.89. The molecule has 0 atom stereocenters. The summed E-state index contributed by atoms with van der Waals surface area (Å²) in [5.74, 6) is -3.25. The van der Waals surface area contributed by atoms with Crippen LogP contribution < -0.4 is 15.3 Å². The fraction of sp³-hybridized carbons (Fsp3) is 0.500. The summed E-state index contributed by atoms with van der Waals surface area (Å²) in [5, 5.41) is 26.7. The standard InChI is InChI=1S/3C2H4O2.Fe.Hg.H2O4S/c3*1-2(3)4;;;1-5(2,3)4/h3*1H3,(H,3,4);;;(H2,1,2,3,4)/q;;;+3;+2;/p-5. The van der Waals surface area contributed by atoms with Crippen LogP contribution in [0.25, 0.3) is 0 Å². The van der Waals surface area contributed by atoms with Crippen LogP contribution in [0.4, 0.5) is 0 Å². The number of aliphatic carboxylic acids is 3. The Kier molecular flexibility index (Phi) is 43.7. The zero-order chi connectivity index (χ0) is 15.2. The molecule has 0 bridgehead atoms. The number of hydrogen-bond donors (Lipinski definition) is 0. The SMILES string of the molecule is CC(=O)[O-].CC(=O)[O-].CC(=O)[O-].O=S(=O)([O-])[O-].[Fe+3].[Hg+2]. The van der Waals surface area contributed by atoms with Gasteiger partial charge in [0.2, 0.25) is 0 Å². The van der Waals surface area contributed by atoms with Gasteiger partial charge in [-0.3, -0.25) is 8.42 Å². The second-order valence-corrected chi connectivity index (χ2v) is 2.70. The van der Waals surface area contributed by atoms with Crippen LogP contribution >= 0.6 is 0 Å². The molecule has 0 spiro atoms. The normalized spacial score (nSPS) is 7.00. The van der Waals surface area contributed by atoms with Crippen molar-refractivity contribution in [2.45, 2.75) is 20.8 Å². The van der Waals surface area contributed by atoms with Gasteiger partial charge in [0.25, 0.3) is 0 Å². The zero-order valence-corrected chi connectivity index (χ0v) is 17.5. The summed E-state index contributed by atoms with van der Waals surface area (Å²) in [4.78, 5) is 26.7. The Hall–Kier alpha value is -0.265. The van der Waals surface area contributed by atoms with Gasteiger partial charge in [-0.15, -0.1) is 0 Å². The van der Waals surface area contributed by atoms with Crippen LogP contribution in [0.1, 0.15) is 20.8 Å². The molecule has 0 heterocycles. The Morgan fingerprint density at radius 2 is 0.737 bits per heavy atom. The molecule has 0 N–H and O–H groups in total. The molecular weight excluding hydrogens is 521 g/mol. The van der Waals surface area contributed by atoms with Gasteiger partial charge in [-0.25, -0.2) is 0 Å². The van der Waals surface area contributed by atoms with Crippen LogP contribution in [0.2, 0.25) is 0 Å². The van der Waals surface area contributed by atoms with E-state index >= 15 is 0 Å². The molecule has 10 nitrogen and oxygen atoms in total. The molecule has 0 unspecified atom stereocenters. The van der Waals surface area contributed by atoms with Gasteiger partial charge in [0.05, 0.1) is 0 Å². The van der Waals surface area contributed by atoms with E-state index in [0.29, 0.717) is 0 Å². The first-order valence-electron chi connectivity index (χ1n) is 3.39. The van der Waals surface area contributed by atoms with Crippen LogP contribution in [0, 0.1) is 0 Å². The average Bonchev–Trinajstić information content (AvgIpc) is 1.73. The minimum atomic E-state index is -5.17. The Balaban J connectivity index is -0.0000000288. The summed E-state index contributed by atoms with van der Waals surface area (Å²) < 4.78 is 34.1. The van der Waals surface area contributed by atoms with Gasteiger partial charge in [-0.2, -0.15) is 0 Å². The van der Waals surface area contributed by atoms with Gasteiger partial charge in [-0.1, -0.05) is 0 Å². The molecule has 0 aliphatic heterocycles. The second-order valence-electron chi connectivity index (χ2n) is 1.88. The Morgan fingerprint density at radius 3 is 0.737 bits per heavy atom. The molecule has 1 radical (unpaired) electrons. The number of rotatable bonds is 0. The Bertz CT molecular complexity index is 278. The van der Waals surface area contributed by atoms with Gasteiger partial charge in [0.1, 0.15) is 0 Å². The van der Waals surface area contributed by atoms with Crippen molar-refractivity contribution >= 4 is 28.3 Å². The van der Waals surface area contributed by atoms with E-state index in [2.05, 4.69) is 0 Å². The Labute approximate surface area is 140 Å². The van der Waals surface area contributed by atoms with E-state index < -0.39 is 28.3 Å². The van der Waals surface area contributed by atoms with Gasteiger partial charge in [0.15, 0.2) is 0 Å². The van der Waals surface area contributed by atoms with E-state index in [1.54, 1.807) is 0 Å². The Morgan fingerprint density at radius 1 is 0.737 bits per heavy atom. The number of carboxylic acids is 3. The molecule has 109 valence electrons. The van der Waals surface area contributed by atoms with Crippen molar-refractivity contribution in [1.82, 2.24) is 0 Å². The van der Waals surface area contributed by atoms with Crippen molar-refractivity contribution in [3.8, 4) is 0 Å². The molecular formula is C6H9FeHgO10S. The van der Waals surface area contributed by atoms with Crippen LogP contribution in [0.3, 0.4) is 0 Å². The molecule has 0 aromatic rings. The van der Waals surface area contributed by atoms with Crippen molar-refractivity contribution in [1.29, 1.82) is 0 Å². The van der Waals surface area contributed by atoms with Gasteiger partial charge < -0.3 is 38.8 Å². The van der Waals surface area contributed by atoms with Crippen molar-refractivity contribution in [2.24, 2.45) is 0 Å². The third kappa shape index (κ3) is 62300. The van der Waals surface area contributed by atoms with E-state index in [1.165, 1.54) is 0 Å². The third-order valence-electron chi connectivity index (χ3n) is 0. The smallest absolute Gasteiger partial charge is 0.759 e. The quantitative estimate of drug-likeness (QED) is 0.166. The van der Waals surface area contributed by atoms with Crippen LogP contribution in [-0.2, 0) is 69.5 Å². The fourth-order valence-corrected chi connectivity index (χ4v) is 0. The van der Waals surface area contributed by atoms with E-state index in [4.69, 9.17) is 47.2 Å². The predicted octanol–water partition coefficient (Wildman–Crippen LogP) is -5.07. The van der Waals surface area contributed by atoms with Gasteiger partial charge in [0, 0.05) is 28.3 Å². The summed E-state index contributed by atoms with van der Waals surface area (Å²) >= 11 is 0. The summed E-state index contributed by atoms with van der Waals surface area (Å²) in [6.07, 6.45) is 0. The first-order valence-corrected chi connectivity index (χ1v) is 4.72. The zero-order valence-electron chi connectivity index (χ0n) is 10.1. The van der Waals surface area contributed by atoms with Crippen LogP contribution in [0.15, 0.2) is 0 Å². The summed E-state index contributed by atoms with van der Waals surface area (Å²) in [6, 6.07) is 0.